The largest absolute Gasteiger partial charge is 0.450 e. The van der Waals surface area contributed by atoms with Crippen molar-refractivity contribution in [1.82, 2.24) is 4.90 Å². The fraction of sp³-hybridized carbons (Fsp3) is 0.261. The van der Waals surface area contributed by atoms with Gasteiger partial charge in [0, 0.05) is 32.5 Å². The third-order valence-electron chi connectivity index (χ3n) is 4.91. The molecule has 2 aromatic rings. The molecular formula is C23H25NO2. The summed E-state index contributed by atoms with van der Waals surface area (Å²) in [5, 5.41) is 0. The van der Waals surface area contributed by atoms with E-state index < -0.39 is 5.60 Å². The molecule has 3 heteroatoms. The van der Waals surface area contributed by atoms with Gasteiger partial charge in [-0.25, -0.2) is 4.79 Å². The minimum absolute atomic E-state index is 0.241. The van der Waals surface area contributed by atoms with Crippen LogP contribution in [0.1, 0.15) is 27.9 Å². The summed E-state index contributed by atoms with van der Waals surface area (Å²) < 4.78 is 6.08. The van der Waals surface area contributed by atoms with Crippen molar-refractivity contribution >= 4 is 5.97 Å². The van der Waals surface area contributed by atoms with E-state index >= 15 is 0 Å². The standard InChI is InChI=1S/C23H25NO2/c1-3-15-24(16-4-2)17-14-23(20-11-6-5-7-12-20)18-19-10-8-9-13-21(19)22(25)26-23/h3-13H,1-2,14-18H2. The molecule has 0 amide bonds. The third kappa shape index (κ3) is 3.78. The van der Waals surface area contributed by atoms with Crippen LogP contribution in [0.2, 0.25) is 0 Å². The summed E-state index contributed by atoms with van der Waals surface area (Å²) in [5.74, 6) is -0.241. The normalized spacial score (nSPS) is 18.9. The number of benzene rings is 2. The minimum atomic E-state index is -0.646. The number of ether oxygens (including phenoxy) is 1. The first kappa shape index (κ1) is 18.2. The Kier molecular flexibility index (Phi) is 5.69. The highest BCUT2D eigenvalue weighted by molar-refractivity contribution is 5.92. The molecule has 0 fully saturated rings. The molecule has 0 bridgehead atoms. The average Bonchev–Trinajstić information content (AvgIpc) is 2.67. The van der Waals surface area contributed by atoms with E-state index in [1.807, 2.05) is 66.7 Å². The minimum Gasteiger partial charge on any atom is -0.450 e. The van der Waals surface area contributed by atoms with Crippen molar-refractivity contribution in [3.63, 3.8) is 0 Å². The van der Waals surface area contributed by atoms with Gasteiger partial charge in [0.25, 0.3) is 0 Å². The van der Waals surface area contributed by atoms with E-state index in [2.05, 4.69) is 18.1 Å². The molecule has 3 nitrogen and oxygen atoms in total. The molecule has 1 aliphatic heterocycles. The number of esters is 1. The van der Waals surface area contributed by atoms with Crippen LogP contribution < -0.4 is 0 Å². The summed E-state index contributed by atoms with van der Waals surface area (Å²) in [6.07, 6.45) is 5.19. The quantitative estimate of drug-likeness (QED) is 0.525. The summed E-state index contributed by atoms with van der Waals surface area (Å²) >= 11 is 0. The van der Waals surface area contributed by atoms with Crippen LogP contribution in [-0.4, -0.2) is 30.5 Å². The van der Waals surface area contributed by atoms with E-state index in [1.165, 1.54) is 0 Å². The Labute approximate surface area is 155 Å². The van der Waals surface area contributed by atoms with Gasteiger partial charge in [0.05, 0.1) is 5.56 Å². The summed E-state index contributed by atoms with van der Waals surface area (Å²) in [5.41, 5.74) is 2.12. The highest BCUT2D eigenvalue weighted by atomic mass is 16.6. The molecule has 1 atom stereocenters. The average molecular weight is 347 g/mol. The maximum absolute atomic E-state index is 12.7. The van der Waals surface area contributed by atoms with Crippen LogP contribution in [0.5, 0.6) is 0 Å². The number of nitrogens with zero attached hydrogens (tertiary/aromatic N) is 1. The van der Waals surface area contributed by atoms with Crippen LogP contribution in [0.4, 0.5) is 0 Å². The number of carbonyl (C=O) groups excluding carboxylic acids is 1. The van der Waals surface area contributed by atoms with Gasteiger partial charge in [-0.15, -0.1) is 13.2 Å². The summed E-state index contributed by atoms with van der Waals surface area (Å²) in [4.78, 5) is 15.0. The molecule has 1 aliphatic rings. The zero-order chi connectivity index (χ0) is 18.4. The van der Waals surface area contributed by atoms with Gasteiger partial charge in [0.1, 0.15) is 5.60 Å². The molecule has 1 heterocycles. The van der Waals surface area contributed by atoms with Crippen molar-refractivity contribution in [2.75, 3.05) is 19.6 Å². The number of fused-ring (bicyclic) bond motifs is 1. The van der Waals surface area contributed by atoms with E-state index in [-0.39, 0.29) is 5.97 Å². The van der Waals surface area contributed by atoms with Crippen LogP contribution in [0.3, 0.4) is 0 Å². The van der Waals surface area contributed by atoms with Crippen molar-refractivity contribution in [2.24, 2.45) is 0 Å². The second kappa shape index (κ2) is 8.15. The second-order valence-corrected chi connectivity index (χ2v) is 6.67. The van der Waals surface area contributed by atoms with Crippen LogP contribution in [-0.2, 0) is 16.8 Å². The zero-order valence-corrected chi connectivity index (χ0v) is 15.1. The summed E-state index contributed by atoms with van der Waals surface area (Å²) in [7, 11) is 0. The van der Waals surface area contributed by atoms with Crippen molar-refractivity contribution in [1.29, 1.82) is 0 Å². The van der Waals surface area contributed by atoms with Gasteiger partial charge in [-0.1, -0.05) is 60.7 Å². The Balaban J connectivity index is 1.93. The Hall–Kier alpha value is -2.65. The molecule has 0 radical (unpaired) electrons. The highest BCUT2D eigenvalue weighted by Crippen LogP contribution is 2.39. The maximum atomic E-state index is 12.7. The van der Waals surface area contributed by atoms with Crippen LogP contribution in [0, 0.1) is 0 Å². The number of cyclic esters (lactones) is 1. The molecule has 0 N–H and O–H groups in total. The third-order valence-corrected chi connectivity index (χ3v) is 4.91. The maximum Gasteiger partial charge on any atom is 0.339 e. The molecule has 0 spiro atoms. The molecule has 0 saturated carbocycles. The topological polar surface area (TPSA) is 29.5 Å². The molecule has 0 aliphatic carbocycles. The first-order valence-electron chi connectivity index (χ1n) is 8.99. The predicted octanol–water partition coefficient (Wildman–Crippen LogP) is 4.36. The van der Waals surface area contributed by atoms with E-state index in [4.69, 9.17) is 4.74 Å². The van der Waals surface area contributed by atoms with E-state index in [0.717, 1.165) is 37.2 Å². The number of rotatable bonds is 8. The molecular weight excluding hydrogens is 322 g/mol. The lowest BCUT2D eigenvalue weighted by Crippen LogP contribution is -2.42. The van der Waals surface area contributed by atoms with Crippen molar-refractivity contribution in [3.05, 3.63) is 96.6 Å². The Morgan fingerprint density at radius 3 is 2.35 bits per heavy atom. The molecule has 1 unspecified atom stereocenters. The van der Waals surface area contributed by atoms with E-state index in [1.54, 1.807) is 0 Å². The lowest BCUT2D eigenvalue weighted by Gasteiger charge is -2.39. The van der Waals surface area contributed by atoms with Crippen LogP contribution in [0.15, 0.2) is 79.9 Å². The molecule has 2 aromatic carbocycles. The SMILES string of the molecule is C=CCN(CC=C)CCC1(c2ccccc2)Cc2ccccc2C(=O)O1. The monoisotopic (exact) mass is 347 g/mol. The number of hydrogen-bond donors (Lipinski definition) is 0. The molecule has 3 rings (SSSR count). The van der Waals surface area contributed by atoms with Gasteiger partial charge in [0.2, 0.25) is 0 Å². The Morgan fingerprint density at radius 2 is 1.65 bits per heavy atom. The van der Waals surface area contributed by atoms with Crippen molar-refractivity contribution in [3.8, 4) is 0 Å². The molecule has 0 aromatic heterocycles. The molecule has 134 valence electrons. The number of carbonyl (C=O) groups is 1. The van der Waals surface area contributed by atoms with E-state index in [9.17, 15) is 4.79 Å². The lowest BCUT2D eigenvalue weighted by molar-refractivity contribution is -0.0363. The molecule has 0 saturated heterocycles. The van der Waals surface area contributed by atoms with Crippen molar-refractivity contribution in [2.45, 2.75) is 18.4 Å². The zero-order valence-electron chi connectivity index (χ0n) is 15.1. The summed E-state index contributed by atoms with van der Waals surface area (Å²) in [6.45, 7) is 10.0. The van der Waals surface area contributed by atoms with E-state index in [0.29, 0.717) is 12.0 Å². The highest BCUT2D eigenvalue weighted by Gasteiger charge is 2.41. The van der Waals surface area contributed by atoms with Gasteiger partial charge in [-0.2, -0.15) is 0 Å². The second-order valence-electron chi connectivity index (χ2n) is 6.67. The van der Waals surface area contributed by atoms with Crippen molar-refractivity contribution < 1.29 is 9.53 Å². The number of hydrogen-bond acceptors (Lipinski definition) is 3. The van der Waals surface area contributed by atoms with Gasteiger partial charge in [-0.05, 0) is 17.2 Å². The van der Waals surface area contributed by atoms with Crippen LogP contribution in [0.25, 0.3) is 0 Å². The summed E-state index contributed by atoms with van der Waals surface area (Å²) in [6, 6.07) is 17.8. The van der Waals surface area contributed by atoms with Gasteiger partial charge >= 0.3 is 5.97 Å². The first-order chi connectivity index (χ1) is 12.7. The Bertz CT molecular complexity index is 774. The predicted molar refractivity (Wildman–Crippen MR) is 105 cm³/mol. The smallest absolute Gasteiger partial charge is 0.339 e. The first-order valence-corrected chi connectivity index (χ1v) is 8.99. The Morgan fingerprint density at radius 1 is 1.00 bits per heavy atom. The fourth-order valence-electron chi connectivity index (χ4n) is 3.60. The van der Waals surface area contributed by atoms with Gasteiger partial charge in [0.15, 0.2) is 0 Å². The molecule has 26 heavy (non-hydrogen) atoms. The van der Waals surface area contributed by atoms with Gasteiger partial charge < -0.3 is 4.74 Å². The van der Waals surface area contributed by atoms with Crippen LogP contribution >= 0.6 is 0 Å². The lowest BCUT2D eigenvalue weighted by atomic mass is 9.80. The van der Waals surface area contributed by atoms with Gasteiger partial charge in [-0.3, -0.25) is 4.90 Å². The fourth-order valence-corrected chi connectivity index (χ4v) is 3.60.